The first-order valence-electron chi connectivity index (χ1n) is 6.98. The Hall–Kier alpha value is -0.940. The second-order valence-corrected chi connectivity index (χ2v) is 6.86. The molecule has 0 atom stereocenters. The number of rotatable bonds is 8. The van der Waals surface area contributed by atoms with Gasteiger partial charge in [0, 0.05) is 9.79 Å². The van der Waals surface area contributed by atoms with E-state index in [0.29, 0.717) is 0 Å². The molecule has 2 N–H and O–H groups in total. The summed E-state index contributed by atoms with van der Waals surface area (Å²) in [6, 6.07) is 16.0. The molecule has 2 aromatic carbocycles. The van der Waals surface area contributed by atoms with Gasteiger partial charge in [-0.25, -0.2) is 0 Å². The zero-order chi connectivity index (χ0) is 14.9. The Morgan fingerprint density at radius 1 is 0.667 bits per heavy atom. The molecule has 0 fully saturated rings. The Labute approximate surface area is 134 Å². The molecule has 4 heteroatoms. The summed E-state index contributed by atoms with van der Waals surface area (Å²) in [5.74, 6) is 2.07. The molecule has 112 valence electrons. The summed E-state index contributed by atoms with van der Waals surface area (Å²) in [5.41, 5.74) is 2.00. The van der Waals surface area contributed by atoms with Gasteiger partial charge < -0.3 is 10.2 Å². The lowest BCUT2D eigenvalue weighted by atomic mass is 10.2. The predicted molar refractivity (Wildman–Crippen MR) is 90.8 cm³/mol. The molecule has 0 radical (unpaired) electrons. The molecule has 21 heavy (non-hydrogen) atoms. The summed E-state index contributed by atoms with van der Waals surface area (Å²) >= 11 is 3.59. The maximum Gasteiger partial charge on any atom is 0.0692 e. The molecule has 2 rings (SSSR count). The summed E-state index contributed by atoms with van der Waals surface area (Å²) in [7, 11) is 0. The molecule has 2 aromatic rings. The number of hydrogen-bond acceptors (Lipinski definition) is 4. The first-order chi connectivity index (χ1) is 10.3. The quantitative estimate of drug-likeness (QED) is 0.571. The molecule has 0 aliphatic carbocycles. The van der Waals surface area contributed by atoms with Gasteiger partial charge in [0.2, 0.25) is 0 Å². The normalized spacial score (nSPS) is 10.8. The summed E-state index contributed by atoms with van der Waals surface area (Å²) in [5, 5.41) is 18.6. The second-order valence-electron chi connectivity index (χ2n) is 4.58. The maximum atomic E-state index is 9.29. The largest absolute Gasteiger partial charge is 0.392 e. The van der Waals surface area contributed by atoms with E-state index in [4.69, 9.17) is 0 Å². The molecule has 0 aromatic heterocycles. The van der Waals surface area contributed by atoms with Crippen molar-refractivity contribution in [3.63, 3.8) is 0 Å². The van der Waals surface area contributed by atoms with E-state index in [1.54, 1.807) is 23.5 Å². The molecule has 0 saturated heterocycles. The Balaban J connectivity index is 1.75. The van der Waals surface area contributed by atoms with Crippen LogP contribution >= 0.6 is 23.5 Å². The second kappa shape index (κ2) is 9.15. The van der Waals surface area contributed by atoms with E-state index in [2.05, 4.69) is 12.1 Å². The highest BCUT2D eigenvalue weighted by molar-refractivity contribution is 8.00. The third kappa shape index (κ3) is 5.08. The van der Waals surface area contributed by atoms with Gasteiger partial charge in [-0.05, 0) is 41.2 Å². The van der Waals surface area contributed by atoms with Crippen molar-refractivity contribution in [1.29, 1.82) is 0 Å². The van der Waals surface area contributed by atoms with Gasteiger partial charge in [-0.3, -0.25) is 0 Å². The van der Waals surface area contributed by atoms with Crippen molar-refractivity contribution in [2.45, 2.75) is 29.4 Å². The van der Waals surface area contributed by atoms with Crippen LogP contribution < -0.4 is 0 Å². The van der Waals surface area contributed by atoms with E-state index in [1.807, 2.05) is 36.4 Å². The highest BCUT2D eigenvalue weighted by Crippen LogP contribution is 2.26. The Morgan fingerprint density at radius 2 is 1.10 bits per heavy atom. The van der Waals surface area contributed by atoms with Gasteiger partial charge in [-0.2, -0.15) is 0 Å². The van der Waals surface area contributed by atoms with Gasteiger partial charge >= 0.3 is 0 Å². The molecule has 2 nitrogen and oxygen atoms in total. The van der Waals surface area contributed by atoms with Crippen LogP contribution in [0.5, 0.6) is 0 Å². The SMILES string of the molecule is OCc1ccccc1SCCCSc1ccccc1CO. The van der Waals surface area contributed by atoms with Crippen molar-refractivity contribution in [1.82, 2.24) is 0 Å². The minimum absolute atomic E-state index is 0.0990. The van der Waals surface area contributed by atoms with Crippen LogP contribution in [0, 0.1) is 0 Å². The summed E-state index contributed by atoms with van der Waals surface area (Å²) in [6.07, 6.45) is 1.09. The Bertz CT molecular complexity index is 508. The first kappa shape index (κ1) is 16.4. The zero-order valence-corrected chi connectivity index (χ0v) is 13.5. The fraction of sp³-hybridized carbons (Fsp3) is 0.294. The smallest absolute Gasteiger partial charge is 0.0692 e. The zero-order valence-electron chi connectivity index (χ0n) is 11.9. The van der Waals surface area contributed by atoms with Gasteiger partial charge in [-0.1, -0.05) is 36.4 Å². The van der Waals surface area contributed by atoms with Crippen LogP contribution in [0.15, 0.2) is 58.3 Å². The summed E-state index contributed by atoms with van der Waals surface area (Å²) < 4.78 is 0. The van der Waals surface area contributed by atoms with Crippen molar-refractivity contribution in [3.05, 3.63) is 59.7 Å². The number of hydrogen-bond donors (Lipinski definition) is 2. The lowest BCUT2D eigenvalue weighted by Gasteiger charge is -2.08. The van der Waals surface area contributed by atoms with Crippen LogP contribution in [-0.2, 0) is 13.2 Å². The van der Waals surface area contributed by atoms with Gasteiger partial charge in [0.1, 0.15) is 0 Å². The maximum absolute atomic E-state index is 9.29. The van der Waals surface area contributed by atoms with Crippen molar-refractivity contribution in [2.75, 3.05) is 11.5 Å². The Kier molecular flexibility index (Phi) is 7.16. The van der Waals surface area contributed by atoms with E-state index in [9.17, 15) is 10.2 Å². The highest BCUT2D eigenvalue weighted by atomic mass is 32.2. The van der Waals surface area contributed by atoms with Crippen LogP contribution in [-0.4, -0.2) is 21.7 Å². The summed E-state index contributed by atoms with van der Waals surface area (Å²) in [4.78, 5) is 2.33. The molecular formula is C17H20O2S2. The van der Waals surface area contributed by atoms with E-state index in [0.717, 1.165) is 29.1 Å². The van der Waals surface area contributed by atoms with Crippen LogP contribution in [0.2, 0.25) is 0 Å². The minimum atomic E-state index is 0.0990. The lowest BCUT2D eigenvalue weighted by Crippen LogP contribution is -1.91. The van der Waals surface area contributed by atoms with Gasteiger partial charge in [0.25, 0.3) is 0 Å². The number of benzene rings is 2. The molecule has 0 aliphatic heterocycles. The number of thioether (sulfide) groups is 2. The Morgan fingerprint density at radius 3 is 1.52 bits per heavy atom. The van der Waals surface area contributed by atoms with Crippen LogP contribution in [0.3, 0.4) is 0 Å². The van der Waals surface area contributed by atoms with Gasteiger partial charge in [0.15, 0.2) is 0 Å². The summed E-state index contributed by atoms with van der Waals surface area (Å²) in [6.45, 7) is 0.198. The molecule has 0 bridgehead atoms. The van der Waals surface area contributed by atoms with Crippen LogP contribution in [0.4, 0.5) is 0 Å². The number of aliphatic hydroxyl groups excluding tert-OH is 2. The van der Waals surface area contributed by atoms with E-state index >= 15 is 0 Å². The molecular weight excluding hydrogens is 300 g/mol. The average Bonchev–Trinajstić information content (AvgIpc) is 2.55. The molecule has 0 heterocycles. The van der Waals surface area contributed by atoms with Crippen molar-refractivity contribution in [3.8, 4) is 0 Å². The van der Waals surface area contributed by atoms with Crippen LogP contribution in [0.25, 0.3) is 0 Å². The first-order valence-corrected chi connectivity index (χ1v) is 8.95. The standard InChI is InChI=1S/C17H20O2S2/c18-12-14-6-1-3-8-16(14)20-10-5-11-21-17-9-4-2-7-15(17)13-19/h1-4,6-9,18-19H,5,10-13H2. The highest BCUT2D eigenvalue weighted by Gasteiger charge is 2.03. The van der Waals surface area contributed by atoms with Crippen molar-refractivity contribution < 1.29 is 10.2 Å². The molecule has 0 aliphatic rings. The molecule has 0 amide bonds. The molecule has 0 unspecified atom stereocenters. The van der Waals surface area contributed by atoms with Gasteiger partial charge in [0.05, 0.1) is 13.2 Å². The third-order valence-corrected chi connectivity index (χ3v) is 5.49. The fourth-order valence-corrected chi connectivity index (χ4v) is 4.16. The van der Waals surface area contributed by atoms with E-state index in [-0.39, 0.29) is 13.2 Å². The van der Waals surface area contributed by atoms with E-state index in [1.165, 1.54) is 9.79 Å². The minimum Gasteiger partial charge on any atom is -0.392 e. The third-order valence-electron chi connectivity index (χ3n) is 3.09. The fourth-order valence-electron chi connectivity index (χ4n) is 1.97. The topological polar surface area (TPSA) is 40.5 Å². The van der Waals surface area contributed by atoms with E-state index < -0.39 is 0 Å². The molecule has 0 saturated carbocycles. The molecule has 0 spiro atoms. The lowest BCUT2D eigenvalue weighted by molar-refractivity contribution is 0.278. The van der Waals surface area contributed by atoms with Gasteiger partial charge in [-0.15, -0.1) is 23.5 Å². The monoisotopic (exact) mass is 320 g/mol. The average molecular weight is 320 g/mol. The van der Waals surface area contributed by atoms with Crippen molar-refractivity contribution >= 4 is 23.5 Å². The predicted octanol–water partition coefficient (Wildman–Crippen LogP) is 3.95. The number of aliphatic hydroxyl groups is 2. The van der Waals surface area contributed by atoms with Crippen LogP contribution in [0.1, 0.15) is 17.5 Å². The van der Waals surface area contributed by atoms with Crippen molar-refractivity contribution in [2.24, 2.45) is 0 Å².